The maximum atomic E-state index is 12.5. The highest BCUT2D eigenvalue weighted by Gasteiger charge is 2.27. The number of carbonyl (C=O) groups is 2. The van der Waals surface area contributed by atoms with Crippen molar-refractivity contribution >= 4 is 23.2 Å². The second-order valence-electron chi connectivity index (χ2n) is 5.18. The van der Waals surface area contributed by atoms with E-state index in [2.05, 4.69) is 5.32 Å². The van der Waals surface area contributed by atoms with Gasteiger partial charge in [0, 0.05) is 31.5 Å². The van der Waals surface area contributed by atoms with Crippen molar-refractivity contribution in [3.05, 3.63) is 23.8 Å². The largest absolute Gasteiger partial charge is 0.369 e. The van der Waals surface area contributed by atoms with E-state index in [1.165, 1.54) is 6.92 Å². The molecule has 0 spiro atoms. The first-order chi connectivity index (χ1) is 10.0. The number of rotatable bonds is 4. The molecule has 0 radical (unpaired) electrons. The van der Waals surface area contributed by atoms with Crippen molar-refractivity contribution in [2.24, 2.45) is 0 Å². The molecule has 1 aliphatic heterocycles. The van der Waals surface area contributed by atoms with Crippen LogP contribution in [0.3, 0.4) is 0 Å². The molecule has 0 saturated carbocycles. The van der Waals surface area contributed by atoms with Crippen LogP contribution in [-0.4, -0.2) is 31.1 Å². The van der Waals surface area contributed by atoms with Gasteiger partial charge >= 0.3 is 0 Å². The molecule has 0 aromatic heterocycles. The average molecular weight is 290 g/mol. The summed E-state index contributed by atoms with van der Waals surface area (Å²) in [5.74, 6) is -0.132. The Labute approximate surface area is 125 Å². The first-order valence-electron chi connectivity index (χ1n) is 7.37. The lowest BCUT2D eigenvalue weighted by molar-refractivity contribution is -0.128. The Kier molecular flexibility index (Phi) is 4.96. The lowest BCUT2D eigenvalue weighted by Gasteiger charge is -2.32. The van der Waals surface area contributed by atoms with E-state index in [9.17, 15) is 9.59 Å². The van der Waals surface area contributed by atoms with Crippen LogP contribution in [0.15, 0.2) is 18.2 Å². The van der Waals surface area contributed by atoms with E-state index >= 15 is 0 Å². The normalized spacial score (nSPS) is 15.3. The van der Waals surface area contributed by atoms with Crippen LogP contribution in [0.2, 0.25) is 0 Å². The van der Waals surface area contributed by atoms with Crippen molar-refractivity contribution in [2.45, 2.75) is 39.7 Å². The molecule has 1 atom stereocenters. The highest BCUT2D eigenvalue weighted by Crippen LogP contribution is 2.33. The van der Waals surface area contributed by atoms with Gasteiger partial charge in [0.15, 0.2) is 0 Å². The second kappa shape index (κ2) is 6.72. The third-order valence-electron chi connectivity index (χ3n) is 3.59. The van der Waals surface area contributed by atoms with Gasteiger partial charge in [0.1, 0.15) is 6.10 Å². The lowest BCUT2D eigenvalue weighted by atomic mass is 9.99. The molecule has 2 amide bonds. The molecule has 1 aliphatic rings. The maximum Gasteiger partial charge on any atom is 0.255 e. The summed E-state index contributed by atoms with van der Waals surface area (Å²) >= 11 is 0. The predicted octanol–water partition coefficient (Wildman–Crippen LogP) is 2.35. The van der Waals surface area contributed by atoms with Gasteiger partial charge in [-0.2, -0.15) is 0 Å². The van der Waals surface area contributed by atoms with Crippen molar-refractivity contribution < 1.29 is 14.3 Å². The fraction of sp³-hybridized carbons (Fsp3) is 0.500. The standard InChI is InChI=1S/C16H22N2O3/c1-4-21-11(2)16(20)18-10-6-7-13-14(17-12(3)19)8-5-9-15(13)18/h5,8-9,11H,4,6-7,10H2,1-3H3,(H,17,19). The number of benzene rings is 1. The van der Waals surface area contributed by atoms with Crippen molar-refractivity contribution in [3.63, 3.8) is 0 Å². The molecule has 0 saturated heterocycles. The van der Waals surface area contributed by atoms with Crippen LogP contribution in [0.5, 0.6) is 0 Å². The Morgan fingerprint density at radius 2 is 2.19 bits per heavy atom. The minimum absolute atomic E-state index is 0.0298. The molecule has 1 N–H and O–H groups in total. The number of amides is 2. The van der Waals surface area contributed by atoms with Crippen LogP contribution in [0.4, 0.5) is 11.4 Å². The summed E-state index contributed by atoms with van der Waals surface area (Å²) in [5.41, 5.74) is 2.70. The van der Waals surface area contributed by atoms with Gasteiger partial charge in [0.05, 0.1) is 0 Å². The number of carbonyl (C=O) groups excluding carboxylic acids is 2. The summed E-state index contributed by atoms with van der Waals surface area (Å²) in [5, 5.41) is 2.84. The topological polar surface area (TPSA) is 58.6 Å². The molecule has 1 aromatic carbocycles. The van der Waals surface area contributed by atoms with Crippen LogP contribution in [-0.2, 0) is 20.7 Å². The molecule has 1 unspecified atom stereocenters. The van der Waals surface area contributed by atoms with E-state index in [1.807, 2.05) is 25.1 Å². The third kappa shape index (κ3) is 3.42. The van der Waals surface area contributed by atoms with Crippen LogP contribution >= 0.6 is 0 Å². The molecule has 1 aromatic rings. The number of nitrogens with zero attached hydrogens (tertiary/aromatic N) is 1. The molecule has 114 valence electrons. The number of fused-ring (bicyclic) bond motifs is 1. The molecule has 21 heavy (non-hydrogen) atoms. The van der Waals surface area contributed by atoms with Crippen molar-refractivity contribution in [2.75, 3.05) is 23.4 Å². The average Bonchev–Trinajstić information content (AvgIpc) is 2.46. The second-order valence-corrected chi connectivity index (χ2v) is 5.18. The van der Waals surface area contributed by atoms with Crippen LogP contribution < -0.4 is 10.2 Å². The Morgan fingerprint density at radius 1 is 1.43 bits per heavy atom. The lowest BCUT2D eigenvalue weighted by Crippen LogP contribution is -2.42. The van der Waals surface area contributed by atoms with Crippen LogP contribution in [0.25, 0.3) is 0 Å². The van der Waals surface area contributed by atoms with Crippen LogP contribution in [0, 0.1) is 0 Å². The Bertz CT molecular complexity index is 542. The zero-order valence-corrected chi connectivity index (χ0v) is 12.8. The van der Waals surface area contributed by atoms with Gasteiger partial charge in [-0.15, -0.1) is 0 Å². The summed E-state index contributed by atoms with van der Waals surface area (Å²) in [7, 11) is 0. The van der Waals surface area contributed by atoms with E-state index in [0.717, 1.165) is 29.8 Å². The zero-order chi connectivity index (χ0) is 15.4. The SMILES string of the molecule is CCOC(C)C(=O)N1CCCc2c(NC(C)=O)cccc21. The quantitative estimate of drug-likeness (QED) is 0.926. The van der Waals surface area contributed by atoms with E-state index in [4.69, 9.17) is 4.74 Å². The van der Waals surface area contributed by atoms with E-state index < -0.39 is 6.10 Å². The minimum Gasteiger partial charge on any atom is -0.369 e. The highest BCUT2D eigenvalue weighted by molar-refractivity contribution is 5.99. The number of nitrogens with one attached hydrogen (secondary N) is 1. The van der Waals surface area contributed by atoms with Gasteiger partial charge in [-0.25, -0.2) is 0 Å². The molecule has 2 rings (SSSR count). The number of hydrogen-bond acceptors (Lipinski definition) is 3. The summed E-state index contributed by atoms with van der Waals surface area (Å²) in [6.45, 7) is 6.34. The molecule has 0 bridgehead atoms. The highest BCUT2D eigenvalue weighted by atomic mass is 16.5. The van der Waals surface area contributed by atoms with Gasteiger partial charge < -0.3 is 15.0 Å². The molecule has 5 heteroatoms. The first-order valence-corrected chi connectivity index (χ1v) is 7.37. The number of hydrogen-bond donors (Lipinski definition) is 1. The van der Waals surface area contributed by atoms with Gasteiger partial charge in [0.25, 0.3) is 5.91 Å². The molecule has 1 heterocycles. The third-order valence-corrected chi connectivity index (χ3v) is 3.59. The smallest absolute Gasteiger partial charge is 0.255 e. The van der Waals surface area contributed by atoms with E-state index in [-0.39, 0.29) is 11.8 Å². The number of ether oxygens (including phenoxy) is 1. The summed E-state index contributed by atoms with van der Waals surface area (Å²) < 4.78 is 5.41. The van der Waals surface area contributed by atoms with Crippen molar-refractivity contribution in [1.29, 1.82) is 0 Å². The molecule has 0 aliphatic carbocycles. The summed E-state index contributed by atoms with van der Waals surface area (Å²) in [4.78, 5) is 25.6. The van der Waals surface area contributed by atoms with E-state index in [1.54, 1.807) is 11.8 Å². The fourth-order valence-corrected chi connectivity index (χ4v) is 2.70. The zero-order valence-electron chi connectivity index (χ0n) is 12.8. The van der Waals surface area contributed by atoms with Crippen LogP contribution in [0.1, 0.15) is 32.8 Å². The van der Waals surface area contributed by atoms with Gasteiger partial charge in [0.2, 0.25) is 5.91 Å². The van der Waals surface area contributed by atoms with Gasteiger partial charge in [-0.1, -0.05) is 6.07 Å². The molecule has 0 fully saturated rings. The van der Waals surface area contributed by atoms with Crippen molar-refractivity contribution in [1.82, 2.24) is 0 Å². The molecule has 5 nitrogen and oxygen atoms in total. The number of anilines is 2. The molecular formula is C16H22N2O3. The van der Waals surface area contributed by atoms with E-state index in [0.29, 0.717) is 13.2 Å². The molecular weight excluding hydrogens is 268 g/mol. The Hall–Kier alpha value is -1.88. The minimum atomic E-state index is -0.453. The first kappa shape index (κ1) is 15.5. The monoisotopic (exact) mass is 290 g/mol. The maximum absolute atomic E-state index is 12.5. The fourth-order valence-electron chi connectivity index (χ4n) is 2.70. The summed E-state index contributed by atoms with van der Waals surface area (Å²) in [6.07, 6.45) is 1.29. The Balaban J connectivity index is 2.31. The Morgan fingerprint density at radius 3 is 2.86 bits per heavy atom. The van der Waals surface area contributed by atoms with Gasteiger partial charge in [-0.05, 0) is 44.4 Å². The predicted molar refractivity (Wildman–Crippen MR) is 82.5 cm³/mol. The summed E-state index contributed by atoms with van der Waals surface area (Å²) in [6, 6.07) is 5.66. The van der Waals surface area contributed by atoms with Crippen molar-refractivity contribution in [3.8, 4) is 0 Å². The van der Waals surface area contributed by atoms with Gasteiger partial charge in [-0.3, -0.25) is 9.59 Å².